The number of hydrogen-bond acceptors (Lipinski definition) is 3. The summed E-state index contributed by atoms with van der Waals surface area (Å²) in [5, 5.41) is 12.2. The monoisotopic (exact) mass is 360 g/mol. The highest BCUT2D eigenvalue weighted by Crippen LogP contribution is 2.14. The molecule has 1 aliphatic rings. The molecule has 1 aromatic rings. The molecule has 146 valence electrons. The number of aromatic nitrogens is 3. The second-order valence-corrected chi connectivity index (χ2v) is 7.04. The summed E-state index contributed by atoms with van der Waals surface area (Å²) in [5.41, 5.74) is 0. The maximum atomic E-state index is 4.81. The third-order valence-electron chi connectivity index (χ3n) is 4.88. The Balaban J connectivity index is 1.84. The number of nitrogens with one attached hydrogen (secondary N) is 1. The minimum absolute atomic E-state index is 0.751. The number of aliphatic imine (C=N–C) groups is 1. The summed E-state index contributed by atoms with van der Waals surface area (Å²) in [4.78, 5) is 7.05. The van der Waals surface area contributed by atoms with Crippen LogP contribution < -0.4 is 5.32 Å². The third kappa shape index (κ3) is 6.46. The molecule has 0 unspecified atom stereocenters. The van der Waals surface area contributed by atoms with Gasteiger partial charge in [-0.1, -0.05) is 18.9 Å². The molecule has 6 nitrogen and oxygen atoms in total. The lowest BCUT2D eigenvalue weighted by molar-refractivity contribution is 0.455. The zero-order valence-electron chi connectivity index (χ0n) is 16.7. The predicted molar refractivity (Wildman–Crippen MR) is 109 cm³/mol. The topological polar surface area (TPSA) is 58.3 Å². The normalized spacial score (nSPS) is 14.6. The summed E-state index contributed by atoms with van der Waals surface area (Å²) in [6.07, 6.45) is 12.4. The first-order valence-electron chi connectivity index (χ1n) is 10.3. The average molecular weight is 361 g/mol. The number of unbranched alkanes of at least 4 members (excludes halogenated alkanes) is 3. The molecule has 2 heterocycles. The number of rotatable bonds is 10. The van der Waals surface area contributed by atoms with Gasteiger partial charge in [0.1, 0.15) is 11.6 Å². The van der Waals surface area contributed by atoms with Gasteiger partial charge in [0.15, 0.2) is 5.96 Å². The molecule has 0 aliphatic carbocycles. The second-order valence-electron chi connectivity index (χ2n) is 7.04. The van der Waals surface area contributed by atoms with Crippen LogP contribution in [0.4, 0.5) is 0 Å². The summed E-state index contributed by atoms with van der Waals surface area (Å²) < 4.78 is 2.32. The van der Waals surface area contributed by atoms with E-state index in [9.17, 15) is 0 Å². The van der Waals surface area contributed by atoms with Crippen LogP contribution in [0.15, 0.2) is 17.6 Å². The van der Waals surface area contributed by atoms with Crippen molar-refractivity contribution in [2.24, 2.45) is 4.99 Å². The fraction of sp³-hybridized carbons (Fsp3) is 0.750. The van der Waals surface area contributed by atoms with Crippen molar-refractivity contribution in [1.82, 2.24) is 25.0 Å². The molecule has 0 saturated carbocycles. The zero-order chi connectivity index (χ0) is 18.6. The Kier molecular flexibility index (Phi) is 9.21. The molecule has 0 spiro atoms. The van der Waals surface area contributed by atoms with E-state index < -0.39 is 0 Å². The van der Waals surface area contributed by atoms with Gasteiger partial charge < -0.3 is 14.8 Å². The van der Waals surface area contributed by atoms with E-state index >= 15 is 0 Å². The first-order valence-corrected chi connectivity index (χ1v) is 10.3. The molecule has 0 saturated heterocycles. The fourth-order valence-corrected chi connectivity index (χ4v) is 3.38. The van der Waals surface area contributed by atoms with E-state index in [2.05, 4.69) is 45.5 Å². The third-order valence-corrected chi connectivity index (χ3v) is 4.88. The molecular formula is C20H36N6. The molecule has 0 amide bonds. The highest BCUT2D eigenvalue weighted by molar-refractivity contribution is 5.79. The van der Waals surface area contributed by atoms with Crippen molar-refractivity contribution in [2.75, 3.05) is 26.7 Å². The molecule has 0 atom stereocenters. The van der Waals surface area contributed by atoms with Crippen molar-refractivity contribution < 1.29 is 0 Å². The average Bonchev–Trinajstić information content (AvgIpc) is 2.87. The molecule has 0 fully saturated rings. The van der Waals surface area contributed by atoms with Gasteiger partial charge in [0.05, 0.1) is 0 Å². The molecule has 6 heteroatoms. The van der Waals surface area contributed by atoms with Gasteiger partial charge in [0.25, 0.3) is 0 Å². The second kappa shape index (κ2) is 11.7. The fourth-order valence-electron chi connectivity index (χ4n) is 3.38. The van der Waals surface area contributed by atoms with Crippen LogP contribution in [-0.2, 0) is 19.4 Å². The molecule has 1 N–H and O–H groups in total. The number of hydrogen-bond donors (Lipinski definition) is 1. The van der Waals surface area contributed by atoms with Crippen LogP contribution >= 0.6 is 0 Å². The largest absolute Gasteiger partial charge is 0.357 e. The van der Waals surface area contributed by atoms with E-state index in [0.29, 0.717) is 0 Å². The van der Waals surface area contributed by atoms with E-state index in [1.54, 1.807) is 0 Å². The molecule has 2 rings (SSSR count). The van der Waals surface area contributed by atoms with Gasteiger partial charge >= 0.3 is 0 Å². The molecular weight excluding hydrogens is 324 g/mol. The molecule has 0 radical (unpaired) electrons. The van der Waals surface area contributed by atoms with Gasteiger partial charge in [-0.15, -0.1) is 16.8 Å². The van der Waals surface area contributed by atoms with Gasteiger partial charge in [-0.2, -0.15) is 0 Å². The van der Waals surface area contributed by atoms with Crippen LogP contribution in [0.25, 0.3) is 0 Å². The van der Waals surface area contributed by atoms with E-state index in [1.807, 2.05) is 6.08 Å². The van der Waals surface area contributed by atoms with Crippen molar-refractivity contribution in [2.45, 2.75) is 71.3 Å². The van der Waals surface area contributed by atoms with E-state index in [4.69, 9.17) is 4.99 Å². The standard InChI is InChI=1S/C20H36N6/c1-4-6-7-8-11-16-25(3)20(21-5-2)22-15-14-19-24-23-18-13-10-9-12-17-26(18)19/h4H,1,5-17H2,2-3H3,(H,21,22). The lowest BCUT2D eigenvalue weighted by atomic mass is 10.2. The van der Waals surface area contributed by atoms with E-state index in [0.717, 1.165) is 63.0 Å². The van der Waals surface area contributed by atoms with Crippen molar-refractivity contribution in [1.29, 1.82) is 0 Å². The Morgan fingerprint density at radius 2 is 2.15 bits per heavy atom. The molecule has 0 aromatic carbocycles. The lowest BCUT2D eigenvalue weighted by Gasteiger charge is -2.22. The van der Waals surface area contributed by atoms with Crippen LogP contribution in [0, 0.1) is 0 Å². The Morgan fingerprint density at radius 1 is 1.27 bits per heavy atom. The lowest BCUT2D eigenvalue weighted by Crippen LogP contribution is -2.39. The summed E-state index contributed by atoms with van der Waals surface area (Å²) in [6, 6.07) is 0. The maximum Gasteiger partial charge on any atom is 0.193 e. The number of nitrogens with zero attached hydrogens (tertiary/aromatic N) is 5. The molecule has 0 bridgehead atoms. The SMILES string of the molecule is C=CCCCCCN(C)C(=NCCc1nnc2n1CCCCC2)NCC. The molecule has 26 heavy (non-hydrogen) atoms. The summed E-state index contributed by atoms with van der Waals surface area (Å²) >= 11 is 0. The highest BCUT2D eigenvalue weighted by atomic mass is 15.3. The van der Waals surface area contributed by atoms with Crippen molar-refractivity contribution in [3.63, 3.8) is 0 Å². The first kappa shape index (κ1) is 20.5. The number of allylic oxidation sites excluding steroid dienone is 1. The van der Waals surface area contributed by atoms with Crippen LogP contribution in [0.1, 0.15) is 63.5 Å². The van der Waals surface area contributed by atoms with Gasteiger partial charge in [-0.3, -0.25) is 4.99 Å². The van der Waals surface area contributed by atoms with Gasteiger partial charge in [0, 0.05) is 46.1 Å². The van der Waals surface area contributed by atoms with Crippen LogP contribution in [-0.4, -0.2) is 52.3 Å². The maximum absolute atomic E-state index is 4.81. The zero-order valence-corrected chi connectivity index (χ0v) is 16.7. The van der Waals surface area contributed by atoms with Crippen LogP contribution in [0.2, 0.25) is 0 Å². The van der Waals surface area contributed by atoms with Gasteiger partial charge in [-0.25, -0.2) is 0 Å². The Labute approximate surface area is 158 Å². The van der Waals surface area contributed by atoms with Gasteiger partial charge in [-0.05, 0) is 39.0 Å². The highest BCUT2D eigenvalue weighted by Gasteiger charge is 2.14. The molecule has 1 aliphatic heterocycles. The van der Waals surface area contributed by atoms with E-state index in [-0.39, 0.29) is 0 Å². The predicted octanol–water partition coefficient (Wildman–Crippen LogP) is 3.19. The number of fused-ring (bicyclic) bond motifs is 1. The van der Waals surface area contributed by atoms with Crippen LogP contribution in [0.3, 0.4) is 0 Å². The quantitative estimate of drug-likeness (QED) is 0.301. The first-order chi connectivity index (χ1) is 12.8. The minimum atomic E-state index is 0.751. The van der Waals surface area contributed by atoms with E-state index in [1.165, 1.54) is 38.5 Å². The van der Waals surface area contributed by atoms with Crippen molar-refractivity contribution in [3.05, 3.63) is 24.3 Å². The smallest absolute Gasteiger partial charge is 0.193 e. The summed E-state index contributed by atoms with van der Waals surface area (Å²) in [5.74, 6) is 3.24. The number of aryl methyl sites for hydroxylation is 1. The van der Waals surface area contributed by atoms with Crippen LogP contribution in [0.5, 0.6) is 0 Å². The Hall–Kier alpha value is -1.85. The van der Waals surface area contributed by atoms with Crippen molar-refractivity contribution >= 4 is 5.96 Å². The molecule has 1 aromatic heterocycles. The van der Waals surface area contributed by atoms with Crippen molar-refractivity contribution in [3.8, 4) is 0 Å². The Morgan fingerprint density at radius 3 is 2.96 bits per heavy atom. The summed E-state index contributed by atoms with van der Waals surface area (Å²) in [6.45, 7) is 9.63. The Bertz CT molecular complexity index is 563. The minimum Gasteiger partial charge on any atom is -0.357 e. The van der Waals surface area contributed by atoms with Gasteiger partial charge in [0.2, 0.25) is 0 Å². The number of guanidine groups is 1. The summed E-state index contributed by atoms with van der Waals surface area (Å²) in [7, 11) is 2.12.